The molecular weight excluding hydrogens is 252 g/mol. The van der Waals surface area contributed by atoms with Gasteiger partial charge in [-0.2, -0.15) is 11.8 Å². The van der Waals surface area contributed by atoms with E-state index >= 15 is 0 Å². The lowest BCUT2D eigenvalue weighted by atomic mass is 9.75. The van der Waals surface area contributed by atoms with Crippen molar-refractivity contribution >= 4 is 23.4 Å². The van der Waals surface area contributed by atoms with Crippen LogP contribution in [0.2, 0.25) is 0 Å². The van der Waals surface area contributed by atoms with E-state index in [9.17, 15) is 0 Å². The lowest BCUT2D eigenvalue weighted by Crippen LogP contribution is -2.44. The van der Waals surface area contributed by atoms with Gasteiger partial charge in [0, 0.05) is 12.0 Å². The van der Waals surface area contributed by atoms with E-state index in [0.717, 1.165) is 24.9 Å². The van der Waals surface area contributed by atoms with Gasteiger partial charge >= 0.3 is 0 Å². The van der Waals surface area contributed by atoms with Crippen molar-refractivity contribution in [1.29, 1.82) is 0 Å². The van der Waals surface area contributed by atoms with Crippen LogP contribution in [0.5, 0.6) is 0 Å². The van der Waals surface area contributed by atoms with Crippen molar-refractivity contribution in [2.45, 2.75) is 56.9 Å². The van der Waals surface area contributed by atoms with Crippen LogP contribution >= 0.6 is 23.4 Å². The highest BCUT2D eigenvalue weighted by Crippen LogP contribution is 2.42. The quantitative estimate of drug-likeness (QED) is 0.710. The second-order valence-electron chi connectivity index (χ2n) is 5.89. The Kier molecular flexibility index (Phi) is 5.08. The molecule has 2 saturated heterocycles. The first-order chi connectivity index (χ1) is 8.11. The van der Waals surface area contributed by atoms with E-state index < -0.39 is 0 Å². The van der Waals surface area contributed by atoms with Crippen LogP contribution in [0.4, 0.5) is 0 Å². The first-order valence-electron chi connectivity index (χ1n) is 6.97. The van der Waals surface area contributed by atoms with Crippen LogP contribution < -0.4 is 0 Å². The molecule has 0 saturated carbocycles. The SMILES string of the molecule is CC(Cl)CC(C)C1CCOC2(CCSCC2)C1. The Labute approximate surface area is 115 Å². The Hall–Kier alpha value is 0.600. The zero-order valence-electron chi connectivity index (χ0n) is 11.1. The number of thioether (sulfide) groups is 1. The summed E-state index contributed by atoms with van der Waals surface area (Å²) in [5.74, 6) is 4.14. The molecule has 17 heavy (non-hydrogen) atoms. The van der Waals surface area contributed by atoms with Crippen molar-refractivity contribution in [3.63, 3.8) is 0 Å². The molecular formula is C14H25ClOS. The molecule has 0 aromatic heterocycles. The Bertz CT molecular complexity index is 233. The Morgan fingerprint density at radius 3 is 2.71 bits per heavy atom. The van der Waals surface area contributed by atoms with Crippen LogP contribution in [-0.4, -0.2) is 29.1 Å². The molecule has 3 heteroatoms. The van der Waals surface area contributed by atoms with Crippen LogP contribution in [0, 0.1) is 11.8 Å². The third-order valence-corrected chi connectivity index (χ3v) is 5.60. The minimum absolute atomic E-state index is 0.234. The maximum absolute atomic E-state index is 6.15. The highest BCUT2D eigenvalue weighted by molar-refractivity contribution is 7.99. The maximum atomic E-state index is 6.15. The van der Waals surface area contributed by atoms with Crippen LogP contribution in [0.3, 0.4) is 0 Å². The van der Waals surface area contributed by atoms with Gasteiger partial charge in [0.15, 0.2) is 0 Å². The van der Waals surface area contributed by atoms with Gasteiger partial charge in [0.05, 0.1) is 5.60 Å². The molecule has 2 rings (SSSR count). The van der Waals surface area contributed by atoms with Gasteiger partial charge in [0.25, 0.3) is 0 Å². The van der Waals surface area contributed by atoms with E-state index in [1.165, 1.54) is 37.2 Å². The third-order valence-electron chi connectivity index (χ3n) is 4.44. The summed E-state index contributed by atoms with van der Waals surface area (Å²) in [6.07, 6.45) is 6.18. The molecule has 3 atom stereocenters. The molecule has 0 bridgehead atoms. The second-order valence-corrected chi connectivity index (χ2v) is 7.86. The highest BCUT2D eigenvalue weighted by Gasteiger charge is 2.40. The number of alkyl halides is 1. The predicted molar refractivity (Wildman–Crippen MR) is 77.1 cm³/mol. The summed E-state index contributed by atoms with van der Waals surface area (Å²) >= 11 is 8.22. The summed E-state index contributed by atoms with van der Waals surface area (Å²) in [5, 5.41) is 0.311. The van der Waals surface area contributed by atoms with Crippen molar-refractivity contribution in [3.05, 3.63) is 0 Å². The van der Waals surface area contributed by atoms with Gasteiger partial charge in [-0.15, -0.1) is 11.6 Å². The molecule has 3 unspecified atom stereocenters. The van der Waals surface area contributed by atoms with E-state index in [0.29, 0.717) is 5.38 Å². The number of hydrogen-bond donors (Lipinski definition) is 0. The molecule has 2 fully saturated rings. The standard InChI is InChI=1S/C14H25ClOS/c1-11(9-12(2)15)13-3-6-16-14(10-13)4-7-17-8-5-14/h11-13H,3-10H2,1-2H3. The van der Waals surface area contributed by atoms with Crippen LogP contribution in [0.1, 0.15) is 46.0 Å². The first-order valence-corrected chi connectivity index (χ1v) is 8.56. The van der Waals surface area contributed by atoms with E-state index in [1.54, 1.807) is 0 Å². The fourth-order valence-electron chi connectivity index (χ4n) is 3.35. The summed E-state index contributed by atoms with van der Waals surface area (Å²) in [6, 6.07) is 0. The normalized spacial score (nSPS) is 32.3. The smallest absolute Gasteiger partial charge is 0.0701 e. The Morgan fingerprint density at radius 1 is 1.35 bits per heavy atom. The van der Waals surface area contributed by atoms with Gasteiger partial charge in [0.1, 0.15) is 0 Å². The predicted octanol–water partition coefficient (Wildman–Crippen LogP) is 4.33. The molecule has 100 valence electrons. The Morgan fingerprint density at radius 2 is 2.06 bits per heavy atom. The average Bonchev–Trinajstić information content (AvgIpc) is 2.29. The van der Waals surface area contributed by atoms with Crippen LogP contribution in [-0.2, 0) is 4.74 Å². The van der Waals surface area contributed by atoms with Crippen molar-refractivity contribution in [2.75, 3.05) is 18.1 Å². The van der Waals surface area contributed by atoms with Gasteiger partial charge in [-0.25, -0.2) is 0 Å². The summed E-state index contributed by atoms with van der Waals surface area (Å²) < 4.78 is 6.15. The molecule has 0 aromatic carbocycles. The Balaban J connectivity index is 1.91. The topological polar surface area (TPSA) is 9.23 Å². The van der Waals surface area contributed by atoms with Gasteiger partial charge < -0.3 is 4.74 Å². The van der Waals surface area contributed by atoms with E-state index in [-0.39, 0.29) is 5.60 Å². The molecule has 2 aliphatic rings. The van der Waals surface area contributed by atoms with E-state index in [1.807, 2.05) is 0 Å². The van der Waals surface area contributed by atoms with Gasteiger partial charge in [0.2, 0.25) is 0 Å². The van der Waals surface area contributed by atoms with Gasteiger partial charge in [-0.05, 0) is 62.4 Å². The molecule has 2 heterocycles. The molecule has 0 N–H and O–H groups in total. The molecule has 0 aromatic rings. The summed E-state index contributed by atoms with van der Waals surface area (Å²) in [6.45, 7) is 5.46. The van der Waals surface area contributed by atoms with Crippen LogP contribution in [0.15, 0.2) is 0 Å². The molecule has 0 amide bonds. The summed E-state index contributed by atoms with van der Waals surface area (Å²) in [5.41, 5.74) is 0.234. The molecule has 0 radical (unpaired) electrons. The maximum Gasteiger partial charge on any atom is 0.0701 e. The second kappa shape index (κ2) is 6.16. The monoisotopic (exact) mass is 276 g/mol. The zero-order valence-corrected chi connectivity index (χ0v) is 12.7. The van der Waals surface area contributed by atoms with E-state index in [4.69, 9.17) is 16.3 Å². The summed E-state index contributed by atoms with van der Waals surface area (Å²) in [7, 11) is 0. The lowest BCUT2D eigenvalue weighted by Gasteiger charge is -2.45. The third kappa shape index (κ3) is 3.78. The fraction of sp³-hybridized carbons (Fsp3) is 1.00. The summed E-state index contributed by atoms with van der Waals surface area (Å²) in [4.78, 5) is 0. The first kappa shape index (κ1) is 14.0. The van der Waals surface area contributed by atoms with Gasteiger partial charge in [-0.1, -0.05) is 6.92 Å². The zero-order chi connectivity index (χ0) is 12.3. The number of halogens is 1. The van der Waals surface area contributed by atoms with Crippen molar-refractivity contribution in [3.8, 4) is 0 Å². The van der Waals surface area contributed by atoms with Crippen molar-refractivity contribution in [1.82, 2.24) is 0 Å². The van der Waals surface area contributed by atoms with E-state index in [2.05, 4.69) is 25.6 Å². The van der Waals surface area contributed by atoms with Gasteiger partial charge in [-0.3, -0.25) is 0 Å². The largest absolute Gasteiger partial charge is 0.375 e. The molecule has 0 aliphatic carbocycles. The lowest BCUT2D eigenvalue weighted by molar-refractivity contribution is -0.110. The molecule has 1 nitrogen and oxygen atoms in total. The number of hydrogen-bond acceptors (Lipinski definition) is 2. The van der Waals surface area contributed by atoms with Crippen LogP contribution in [0.25, 0.3) is 0 Å². The number of rotatable bonds is 3. The minimum atomic E-state index is 0.234. The van der Waals surface area contributed by atoms with Crippen molar-refractivity contribution in [2.24, 2.45) is 11.8 Å². The average molecular weight is 277 g/mol. The highest BCUT2D eigenvalue weighted by atomic mass is 35.5. The minimum Gasteiger partial charge on any atom is -0.375 e. The molecule has 2 aliphatic heterocycles. The molecule has 1 spiro atoms. The fourth-order valence-corrected chi connectivity index (χ4v) is 4.87. The van der Waals surface area contributed by atoms with Crippen molar-refractivity contribution < 1.29 is 4.74 Å². The number of ether oxygens (including phenoxy) is 1.